The zero-order chi connectivity index (χ0) is 12.1. The number of hydrogen-bond donors (Lipinski definition) is 3. The molecule has 1 aromatic carbocycles. The van der Waals surface area contributed by atoms with Gasteiger partial charge in [0.25, 0.3) is 0 Å². The summed E-state index contributed by atoms with van der Waals surface area (Å²) in [6.07, 6.45) is 0. The molecule has 0 fully saturated rings. The van der Waals surface area contributed by atoms with Gasteiger partial charge in [-0.25, -0.2) is 4.79 Å². The molecule has 0 saturated carbocycles. The quantitative estimate of drug-likeness (QED) is 0.682. The maximum Gasteiger partial charge on any atom is 0.330 e. The van der Waals surface area contributed by atoms with Gasteiger partial charge < -0.3 is 16.2 Å². The third-order valence-corrected chi connectivity index (χ3v) is 2.08. The van der Waals surface area contributed by atoms with Crippen molar-refractivity contribution in [3.63, 3.8) is 0 Å². The maximum absolute atomic E-state index is 11.3. The lowest BCUT2D eigenvalue weighted by Gasteiger charge is -2.16. The number of carboxylic acid groups (broad SMARTS) is 1. The molecule has 1 aromatic rings. The third-order valence-electron chi connectivity index (χ3n) is 2.08. The molecule has 0 aliphatic heterocycles. The van der Waals surface area contributed by atoms with Crippen molar-refractivity contribution in [1.29, 1.82) is 0 Å². The molecule has 1 rings (SSSR count). The molecule has 0 bridgehead atoms. The van der Waals surface area contributed by atoms with Crippen molar-refractivity contribution >= 4 is 11.9 Å². The Labute approximate surface area is 93.3 Å². The molecule has 0 aromatic heterocycles. The molecule has 1 amide bonds. The van der Waals surface area contributed by atoms with Crippen LogP contribution in [-0.4, -0.2) is 23.0 Å². The molecule has 16 heavy (non-hydrogen) atoms. The normalized spacial score (nSPS) is 13.9. The molecule has 5 nitrogen and oxygen atoms in total. The number of amides is 1. The molecule has 0 saturated heterocycles. The van der Waals surface area contributed by atoms with Gasteiger partial charge >= 0.3 is 5.97 Å². The van der Waals surface area contributed by atoms with E-state index in [2.05, 4.69) is 5.32 Å². The number of carboxylic acids is 1. The molecule has 0 spiro atoms. The zero-order valence-electron chi connectivity index (χ0n) is 8.88. The highest BCUT2D eigenvalue weighted by Crippen LogP contribution is 2.12. The van der Waals surface area contributed by atoms with Crippen LogP contribution in [0.3, 0.4) is 0 Å². The van der Waals surface area contributed by atoms with Gasteiger partial charge in [-0.05, 0) is 12.5 Å². The number of aliphatic carboxylic acids is 1. The number of carbonyl (C=O) groups excluding carboxylic acids is 1. The molecule has 5 heteroatoms. The van der Waals surface area contributed by atoms with Gasteiger partial charge in [-0.1, -0.05) is 30.3 Å². The van der Waals surface area contributed by atoms with Crippen molar-refractivity contribution < 1.29 is 14.7 Å². The number of carbonyl (C=O) groups is 2. The summed E-state index contributed by atoms with van der Waals surface area (Å²) in [4.78, 5) is 22.3. The Balaban J connectivity index is 2.85. The van der Waals surface area contributed by atoms with Crippen LogP contribution >= 0.6 is 0 Å². The largest absolute Gasteiger partial charge is 0.479 e. The fourth-order valence-corrected chi connectivity index (χ4v) is 1.21. The van der Waals surface area contributed by atoms with Crippen LogP contribution < -0.4 is 11.1 Å². The summed E-state index contributed by atoms with van der Waals surface area (Å²) in [6, 6.07) is 6.69. The van der Waals surface area contributed by atoms with E-state index in [0.717, 1.165) is 0 Å². The summed E-state index contributed by atoms with van der Waals surface area (Å²) >= 11 is 0. The topological polar surface area (TPSA) is 92.4 Å². The van der Waals surface area contributed by atoms with E-state index in [1.165, 1.54) is 6.92 Å². The van der Waals surface area contributed by atoms with Crippen molar-refractivity contribution in [3.05, 3.63) is 35.9 Å². The summed E-state index contributed by atoms with van der Waals surface area (Å²) in [5, 5.41) is 11.4. The van der Waals surface area contributed by atoms with Crippen LogP contribution in [0.2, 0.25) is 0 Å². The predicted octanol–water partition coefficient (Wildman–Crippen LogP) is 0.276. The Kier molecular flexibility index (Phi) is 4.02. The summed E-state index contributed by atoms with van der Waals surface area (Å²) in [6.45, 7) is 1.50. The SMILES string of the molecule is C[C@H](N)C(=O)N[C@@H](C(=O)O)c1ccccc1. The van der Waals surface area contributed by atoms with Gasteiger partial charge in [0.05, 0.1) is 6.04 Å². The second kappa shape index (κ2) is 5.27. The van der Waals surface area contributed by atoms with Crippen LogP contribution in [0.5, 0.6) is 0 Å². The van der Waals surface area contributed by atoms with Crippen LogP contribution in [0, 0.1) is 0 Å². The molecule has 86 valence electrons. The smallest absolute Gasteiger partial charge is 0.330 e. The first-order valence-electron chi connectivity index (χ1n) is 4.86. The first-order valence-corrected chi connectivity index (χ1v) is 4.86. The van der Waals surface area contributed by atoms with E-state index < -0.39 is 24.0 Å². The van der Waals surface area contributed by atoms with Gasteiger partial charge in [0.15, 0.2) is 6.04 Å². The summed E-state index contributed by atoms with van der Waals surface area (Å²) in [5.41, 5.74) is 5.88. The van der Waals surface area contributed by atoms with Crippen molar-refractivity contribution in [3.8, 4) is 0 Å². The minimum absolute atomic E-state index is 0.490. The van der Waals surface area contributed by atoms with E-state index in [0.29, 0.717) is 5.56 Å². The van der Waals surface area contributed by atoms with E-state index in [-0.39, 0.29) is 0 Å². The van der Waals surface area contributed by atoms with Crippen LogP contribution in [0.15, 0.2) is 30.3 Å². The van der Waals surface area contributed by atoms with Crippen molar-refractivity contribution in [1.82, 2.24) is 5.32 Å². The van der Waals surface area contributed by atoms with Crippen molar-refractivity contribution in [2.45, 2.75) is 19.0 Å². The Morgan fingerprint density at radius 3 is 2.31 bits per heavy atom. The monoisotopic (exact) mass is 222 g/mol. The van der Waals surface area contributed by atoms with E-state index in [1.54, 1.807) is 30.3 Å². The second-order valence-corrected chi connectivity index (χ2v) is 3.48. The average molecular weight is 222 g/mol. The molecular formula is C11H14N2O3. The second-order valence-electron chi connectivity index (χ2n) is 3.48. The fraction of sp³-hybridized carbons (Fsp3) is 0.273. The van der Waals surface area contributed by atoms with Crippen LogP contribution in [0.1, 0.15) is 18.5 Å². The number of hydrogen-bond acceptors (Lipinski definition) is 3. The van der Waals surface area contributed by atoms with Crippen LogP contribution in [0.4, 0.5) is 0 Å². The van der Waals surface area contributed by atoms with E-state index >= 15 is 0 Å². The van der Waals surface area contributed by atoms with Crippen molar-refractivity contribution in [2.75, 3.05) is 0 Å². The highest BCUT2D eigenvalue weighted by molar-refractivity contribution is 5.87. The predicted molar refractivity (Wildman–Crippen MR) is 58.6 cm³/mol. The third kappa shape index (κ3) is 3.06. The van der Waals surface area contributed by atoms with Gasteiger partial charge in [0.2, 0.25) is 5.91 Å². The minimum Gasteiger partial charge on any atom is -0.479 e. The fourth-order valence-electron chi connectivity index (χ4n) is 1.21. The minimum atomic E-state index is -1.11. The van der Waals surface area contributed by atoms with Crippen LogP contribution in [0.25, 0.3) is 0 Å². The van der Waals surface area contributed by atoms with E-state index in [4.69, 9.17) is 10.8 Å². The molecule has 0 aliphatic carbocycles. The molecular weight excluding hydrogens is 208 g/mol. The number of rotatable bonds is 4. The number of nitrogens with one attached hydrogen (secondary N) is 1. The Morgan fingerprint density at radius 2 is 1.88 bits per heavy atom. The molecule has 4 N–H and O–H groups in total. The lowest BCUT2D eigenvalue weighted by atomic mass is 10.1. The van der Waals surface area contributed by atoms with Crippen LogP contribution in [-0.2, 0) is 9.59 Å². The number of benzene rings is 1. The van der Waals surface area contributed by atoms with Gasteiger partial charge in [0.1, 0.15) is 0 Å². The van der Waals surface area contributed by atoms with Gasteiger partial charge in [-0.2, -0.15) is 0 Å². The standard InChI is InChI=1S/C11H14N2O3/c1-7(12)10(14)13-9(11(15)16)8-5-3-2-4-6-8/h2-7,9H,12H2,1H3,(H,13,14)(H,15,16)/t7-,9+/m0/s1. The molecule has 0 radical (unpaired) electrons. The highest BCUT2D eigenvalue weighted by atomic mass is 16.4. The zero-order valence-corrected chi connectivity index (χ0v) is 8.88. The van der Waals surface area contributed by atoms with Gasteiger partial charge in [-0.3, -0.25) is 4.79 Å². The molecule has 0 aliphatic rings. The average Bonchev–Trinajstić information content (AvgIpc) is 2.26. The first kappa shape index (κ1) is 12.2. The van der Waals surface area contributed by atoms with Gasteiger partial charge in [0, 0.05) is 0 Å². The van der Waals surface area contributed by atoms with Crippen molar-refractivity contribution in [2.24, 2.45) is 5.73 Å². The summed E-state index contributed by atoms with van der Waals surface area (Å²) < 4.78 is 0. The summed E-state index contributed by atoms with van der Waals surface area (Å²) in [7, 11) is 0. The molecule has 0 unspecified atom stereocenters. The molecule has 2 atom stereocenters. The molecule has 0 heterocycles. The first-order chi connectivity index (χ1) is 7.52. The lowest BCUT2D eigenvalue weighted by molar-refractivity contribution is -0.142. The Morgan fingerprint density at radius 1 is 1.31 bits per heavy atom. The van der Waals surface area contributed by atoms with E-state index in [1.807, 2.05) is 0 Å². The lowest BCUT2D eigenvalue weighted by Crippen LogP contribution is -2.42. The summed E-state index contributed by atoms with van der Waals surface area (Å²) in [5.74, 6) is -1.60. The van der Waals surface area contributed by atoms with E-state index in [9.17, 15) is 9.59 Å². The Bertz CT molecular complexity index is 376. The number of nitrogens with two attached hydrogens (primary N) is 1. The maximum atomic E-state index is 11.3. The Hall–Kier alpha value is -1.88. The highest BCUT2D eigenvalue weighted by Gasteiger charge is 2.22. The van der Waals surface area contributed by atoms with Gasteiger partial charge in [-0.15, -0.1) is 0 Å².